The minimum Gasteiger partial charge on any atom is -0.207 e. The molecule has 2 heteroatoms. The smallest absolute Gasteiger partial charge is 0.207 e. The van der Waals surface area contributed by atoms with Crippen LogP contribution in [-0.2, 0) is 0 Å². The minimum atomic E-state index is -2.47. The van der Waals surface area contributed by atoms with Crippen LogP contribution in [-0.4, -0.2) is 5.92 Å². The fourth-order valence-electron chi connectivity index (χ4n) is 4.31. The van der Waals surface area contributed by atoms with Gasteiger partial charge < -0.3 is 0 Å². The SMILES string of the molecule is CC1(C)CCC=C(C23CC(C(C)(F)F)(C2)C3)C1. The van der Waals surface area contributed by atoms with Crippen molar-refractivity contribution in [2.75, 3.05) is 0 Å². The Labute approximate surface area is 102 Å². The van der Waals surface area contributed by atoms with Gasteiger partial charge in [-0.25, -0.2) is 8.78 Å². The molecular weight excluding hydrogens is 218 g/mol. The zero-order chi connectivity index (χ0) is 12.5. The molecule has 0 aromatic heterocycles. The van der Waals surface area contributed by atoms with Crippen molar-refractivity contribution in [2.24, 2.45) is 16.2 Å². The number of hydrogen-bond acceptors (Lipinski definition) is 0. The topological polar surface area (TPSA) is 0 Å². The molecule has 4 rings (SSSR count). The van der Waals surface area contributed by atoms with Crippen molar-refractivity contribution >= 4 is 0 Å². The number of rotatable bonds is 2. The lowest BCUT2D eigenvalue weighted by Crippen LogP contribution is -2.69. The first-order valence-corrected chi connectivity index (χ1v) is 6.76. The fourth-order valence-corrected chi connectivity index (χ4v) is 4.31. The van der Waals surface area contributed by atoms with Crippen molar-refractivity contribution in [2.45, 2.75) is 65.2 Å². The van der Waals surface area contributed by atoms with E-state index in [2.05, 4.69) is 19.9 Å². The van der Waals surface area contributed by atoms with Crippen molar-refractivity contribution in [3.63, 3.8) is 0 Å². The van der Waals surface area contributed by atoms with E-state index >= 15 is 0 Å². The van der Waals surface area contributed by atoms with E-state index in [1.165, 1.54) is 12.0 Å². The molecule has 0 saturated heterocycles. The van der Waals surface area contributed by atoms with Gasteiger partial charge in [-0.2, -0.15) is 0 Å². The van der Waals surface area contributed by atoms with Crippen molar-refractivity contribution in [3.8, 4) is 0 Å². The quantitative estimate of drug-likeness (QED) is 0.599. The maximum absolute atomic E-state index is 13.5. The van der Waals surface area contributed by atoms with Gasteiger partial charge in [0.1, 0.15) is 0 Å². The number of alkyl halides is 2. The van der Waals surface area contributed by atoms with Gasteiger partial charge in [-0.15, -0.1) is 0 Å². The molecule has 0 unspecified atom stereocenters. The van der Waals surface area contributed by atoms with Gasteiger partial charge in [-0.05, 0) is 56.3 Å². The van der Waals surface area contributed by atoms with E-state index in [0.717, 1.165) is 39.0 Å². The molecule has 2 bridgehead atoms. The molecule has 17 heavy (non-hydrogen) atoms. The summed E-state index contributed by atoms with van der Waals surface area (Å²) in [5.74, 6) is -2.47. The molecule has 4 aliphatic carbocycles. The summed E-state index contributed by atoms with van der Waals surface area (Å²) in [7, 11) is 0. The third kappa shape index (κ3) is 1.45. The Morgan fingerprint density at radius 2 is 1.76 bits per heavy atom. The summed E-state index contributed by atoms with van der Waals surface area (Å²) < 4.78 is 26.9. The number of hydrogen-bond donors (Lipinski definition) is 0. The van der Waals surface area contributed by atoms with E-state index < -0.39 is 11.3 Å². The molecule has 0 aromatic carbocycles. The summed E-state index contributed by atoms with van der Waals surface area (Å²) in [5.41, 5.74) is 1.44. The van der Waals surface area contributed by atoms with Crippen LogP contribution in [0.1, 0.15) is 59.3 Å². The van der Waals surface area contributed by atoms with Crippen molar-refractivity contribution in [1.82, 2.24) is 0 Å². The second-order valence-corrected chi connectivity index (χ2v) is 7.59. The molecule has 96 valence electrons. The van der Waals surface area contributed by atoms with Crippen LogP contribution in [0.2, 0.25) is 0 Å². The Morgan fingerprint density at radius 1 is 1.18 bits per heavy atom. The molecule has 0 aromatic rings. The van der Waals surface area contributed by atoms with Crippen LogP contribution in [0.25, 0.3) is 0 Å². The lowest BCUT2D eigenvalue weighted by Gasteiger charge is -2.74. The Kier molecular flexibility index (Phi) is 2.02. The predicted octanol–water partition coefficient (Wildman–Crippen LogP) is 4.95. The third-order valence-corrected chi connectivity index (χ3v) is 5.52. The van der Waals surface area contributed by atoms with E-state index in [1.807, 2.05) is 0 Å². The average Bonchev–Trinajstić information content (AvgIpc) is 1.92. The first kappa shape index (κ1) is 11.7. The standard InChI is InChI=1S/C15H22F2/c1-12(2)6-4-5-11(7-12)14-8-15(9-14,10-14)13(3,16)17/h5H,4,6-10H2,1-3H3. The van der Waals surface area contributed by atoms with Crippen LogP contribution in [0.4, 0.5) is 8.78 Å². The molecule has 0 amide bonds. The maximum atomic E-state index is 13.5. The Bertz CT molecular complexity index is 364. The van der Waals surface area contributed by atoms with Crippen LogP contribution in [0.5, 0.6) is 0 Å². The average molecular weight is 240 g/mol. The molecular formula is C15H22F2. The maximum Gasteiger partial charge on any atom is 0.251 e. The van der Waals surface area contributed by atoms with E-state index in [4.69, 9.17) is 0 Å². The monoisotopic (exact) mass is 240 g/mol. The highest BCUT2D eigenvalue weighted by Gasteiger charge is 2.76. The van der Waals surface area contributed by atoms with E-state index in [1.54, 1.807) is 0 Å². The van der Waals surface area contributed by atoms with Gasteiger partial charge in [0.15, 0.2) is 0 Å². The number of halogens is 2. The highest BCUT2D eigenvalue weighted by atomic mass is 19.3. The second kappa shape index (κ2) is 2.95. The molecule has 0 heterocycles. The van der Waals surface area contributed by atoms with Crippen LogP contribution in [0, 0.1) is 16.2 Å². The molecule has 4 aliphatic rings. The van der Waals surface area contributed by atoms with Crippen LogP contribution < -0.4 is 0 Å². The van der Waals surface area contributed by atoms with E-state index in [0.29, 0.717) is 5.41 Å². The summed E-state index contributed by atoms with van der Waals surface area (Å²) in [6.45, 7) is 5.71. The van der Waals surface area contributed by atoms with Crippen molar-refractivity contribution in [1.29, 1.82) is 0 Å². The second-order valence-electron chi connectivity index (χ2n) is 7.59. The van der Waals surface area contributed by atoms with E-state index in [9.17, 15) is 8.78 Å². The molecule has 0 radical (unpaired) electrons. The Balaban J connectivity index is 1.73. The highest BCUT2D eigenvalue weighted by Crippen LogP contribution is 2.81. The highest BCUT2D eigenvalue weighted by molar-refractivity contribution is 5.35. The molecule has 0 atom stereocenters. The summed E-state index contributed by atoms with van der Waals surface area (Å²) in [6.07, 6.45) is 8.07. The summed E-state index contributed by atoms with van der Waals surface area (Å²) in [6, 6.07) is 0. The van der Waals surface area contributed by atoms with Gasteiger partial charge in [-0.3, -0.25) is 0 Å². The first-order valence-electron chi connectivity index (χ1n) is 6.76. The van der Waals surface area contributed by atoms with Crippen LogP contribution in [0.15, 0.2) is 11.6 Å². The van der Waals surface area contributed by atoms with Gasteiger partial charge in [0.2, 0.25) is 0 Å². The van der Waals surface area contributed by atoms with Gasteiger partial charge >= 0.3 is 0 Å². The zero-order valence-corrected chi connectivity index (χ0v) is 11.1. The molecule has 0 nitrogen and oxygen atoms in total. The number of allylic oxidation sites excluding steroid dienone is 2. The third-order valence-electron chi connectivity index (χ3n) is 5.52. The first-order chi connectivity index (χ1) is 7.68. The molecule has 3 saturated carbocycles. The van der Waals surface area contributed by atoms with Gasteiger partial charge in [0.05, 0.1) is 0 Å². The van der Waals surface area contributed by atoms with Gasteiger partial charge in [-0.1, -0.05) is 25.5 Å². The molecule has 0 spiro atoms. The van der Waals surface area contributed by atoms with Crippen molar-refractivity contribution < 1.29 is 8.78 Å². The Morgan fingerprint density at radius 3 is 2.24 bits per heavy atom. The lowest BCUT2D eigenvalue weighted by molar-refractivity contribution is -0.295. The van der Waals surface area contributed by atoms with Gasteiger partial charge in [0.25, 0.3) is 5.92 Å². The van der Waals surface area contributed by atoms with Gasteiger partial charge in [0, 0.05) is 5.41 Å². The van der Waals surface area contributed by atoms with Crippen molar-refractivity contribution in [3.05, 3.63) is 11.6 Å². The van der Waals surface area contributed by atoms with Crippen LogP contribution in [0.3, 0.4) is 0 Å². The molecule has 0 aliphatic heterocycles. The molecule has 3 fully saturated rings. The fraction of sp³-hybridized carbons (Fsp3) is 0.867. The van der Waals surface area contributed by atoms with E-state index in [-0.39, 0.29) is 5.41 Å². The lowest BCUT2D eigenvalue weighted by atomic mass is 9.31. The Hall–Kier alpha value is -0.400. The summed E-state index contributed by atoms with van der Waals surface area (Å²) in [5, 5.41) is 0. The largest absolute Gasteiger partial charge is 0.251 e. The minimum absolute atomic E-state index is 0.192. The summed E-state index contributed by atoms with van der Waals surface area (Å²) >= 11 is 0. The van der Waals surface area contributed by atoms with Crippen LogP contribution >= 0.6 is 0 Å². The predicted molar refractivity (Wildman–Crippen MR) is 65.1 cm³/mol. The summed E-state index contributed by atoms with van der Waals surface area (Å²) in [4.78, 5) is 0. The molecule has 0 N–H and O–H groups in total. The normalized spacial score (nSPS) is 43.5. The zero-order valence-electron chi connectivity index (χ0n) is 11.1.